The van der Waals surface area contributed by atoms with E-state index in [1.54, 1.807) is 4.90 Å². The van der Waals surface area contributed by atoms with E-state index in [-0.39, 0.29) is 17.7 Å². The van der Waals surface area contributed by atoms with Crippen molar-refractivity contribution in [3.63, 3.8) is 0 Å². The molecule has 2 rings (SSSR count). The first kappa shape index (κ1) is 14.3. The molecule has 6 heteroatoms. The summed E-state index contributed by atoms with van der Waals surface area (Å²) in [6.07, 6.45) is 0.570. The predicted octanol–water partition coefficient (Wildman–Crippen LogP) is 1.53. The van der Waals surface area contributed by atoms with Gasteiger partial charge in [-0.1, -0.05) is 30.3 Å². The van der Waals surface area contributed by atoms with Crippen LogP contribution in [-0.2, 0) is 11.3 Å². The Labute approximate surface area is 114 Å². The topological polar surface area (TPSA) is 81.0 Å². The normalized spacial score (nSPS) is 23.0. The molecular weight excluding hydrogens is 266 g/mol. The molecule has 1 unspecified atom stereocenters. The van der Waals surface area contributed by atoms with Crippen molar-refractivity contribution in [3.8, 4) is 0 Å². The molecule has 1 aromatic rings. The smallest absolute Gasteiger partial charge is 0.248 e. The predicted molar refractivity (Wildman–Crippen MR) is 75.1 cm³/mol. The minimum Gasteiger partial charge on any atom is -0.387 e. The molecular formula is C13H19NO4S. The Morgan fingerprint density at radius 2 is 2.00 bits per heavy atom. The molecule has 1 aliphatic rings. The van der Waals surface area contributed by atoms with E-state index in [1.807, 2.05) is 30.3 Å². The summed E-state index contributed by atoms with van der Waals surface area (Å²) in [7, 11) is -2.55. The van der Waals surface area contributed by atoms with Crippen LogP contribution in [0.3, 0.4) is 0 Å². The van der Waals surface area contributed by atoms with Gasteiger partial charge in [-0.15, -0.1) is 0 Å². The van der Waals surface area contributed by atoms with Gasteiger partial charge in [0.25, 0.3) is 0 Å². The van der Waals surface area contributed by atoms with Crippen molar-refractivity contribution in [2.75, 3.05) is 18.1 Å². The van der Waals surface area contributed by atoms with Crippen molar-refractivity contribution in [1.29, 1.82) is 0 Å². The van der Waals surface area contributed by atoms with Gasteiger partial charge in [0.15, 0.2) is 0 Å². The molecule has 1 aromatic carbocycles. The summed E-state index contributed by atoms with van der Waals surface area (Å²) in [5.41, 5.74) is 0.965. The highest BCUT2D eigenvalue weighted by Gasteiger charge is 2.34. The molecule has 1 aliphatic heterocycles. The largest absolute Gasteiger partial charge is 0.387 e. The second kappa shape index (κ2) is 5.92. The first-order valence-corrected chi connectivity index (χ1v) is 8.08. The van der Waals surface area contributed by atoms with Crippen LogP contribution in [0.5, 0.6) is 0 Å². The van der Waals surface area contributed by atoms with E-state index < -0.39 is 17.2 Å². The van der Waals surface area contributed by atoms with Gasteiger partial charge in [-0.3, -0.25) is 13.9 Å². The van der Waals surface area contributed by atoms with Gasteiger partial charge in [0.1, 0.15) is 6.61 Å². The summed E-state index contributed by atoms with van der Waals surface area (Å²) in [5, 5.41) is 9.06. The number of carbonyl (C=O) groups is 1. The lowest BCUT2D eigenvalue weighted by Gasteiger charge is -2.31. The van der Waals surface area contributed by atoms with E-state index in [1.165, 1.54) is 0 Å². The van der Waals surface area contributed by atoms with Crippen LogP contribution < -0.4 is 0 Å². The van der Waals surface area contributed by atoms with E-state index in [2.05, 4.69) is 0 Å². The number of aliphatic hydroxyl groups excluding tert-OH is 1. The molecule has 0 bridgehead atoms. The fourth-order valence-electron chi connectivity index (χ4n) is 2.34. The fraction of sp³-hybridized carbons (Fsp3) is 0.462. The first-order chi connectivity index (χ1) is 9.02. The lowest BCUT2D eigenvalue weighted by Crippen LogP contribution is -2.41. The molecule has 0 saturated carbocycles. The summed E-state index contributed by atoms with van der Waals surface area (Å²) >= 11 is 0. The second-order valence-corrected chi connectivity index (χ2v) is 7.13. The maximum Gasteiger partial charge on any atom is 0.248 e. The van der Waals surface area contributed by atoms with Gasteiger partial charge in [0, 0.05) is 12.3 Å². The molecule has 0 spiro atoms. The maximum atomic E-state index is 11.8. The molecule has 1 heterocycles. The number of benzene rings is 1. The third-order valence-corrected chi connectivity index (χ3v) is 5.14. The van der Waals surface area contributed by atoms with Gasteiger partial charge in [-0.2, -0.15) is 10.6 Å². The Morgan fingerprint density at radius 1 is 1.32 bits per heavy atom. The minimum atomic E-state index is -2.55. The van der Waals surface area contributed by atoms with Crippen molar-refractivity contribution in [3.05, 3.63) is 35.9 Å². The van der Waals surface area contributed by atoms with Gasteiger partial charge in [0.2, 0.25) is 5.91 Å². The number of nitrogens with zero attached hydrogens (tertiary/aromatic N) is 1. The van der Waals surface area contributed by atoms with Crippen LogP contribution in [0.2, 0.25) is 0 Å². The molecule has 1 amide bonds. The molecule has 5 nitrogen and oxygen atoms in total. The zero-order chi connectivity index (χ0) is 13.9. The number of aliphatic hydroxyl groups is 1. The highest BCUT2D eigenvalue weighted by molar-refractivity contribution is 8.24. The van der Waals surface area contributed by atoms with Crippen LogP contribution in [-0.4, -0.2) is 49.2 Å². The van der Waals surface area contributed by atoms with E-state index >= 15 is 0 Å². The summed E-state index contributed by atoms with van der Waals surface area (Å²) in [4.78, 5) is 13.4. The summed E-state index contributed by atoms with van der Waals surface area (Å²) < 4.78 is 19.3. The average Bonchev–Trinajstić information content (AvgIpc) is 2.76. The second-order valence-electron chi connectivity index (χ2n) is 4.78. The number of amides is 1. The van der Waals surface area contributed by atoms with E-state index in [0.29, 0.717) is 18.7 Å². The minimum absolute atomic E-state index is 0.204. The quantitative estimate of drug-likeness (QED) is 0.783. The van der Waals surface area contributed by atoms with Gasteiger partial charge in [-0.05, 0) is 12.0 Å². The molecule has 1 saturated heterocycles. The van der Waals surface area contributed by atoms with Crippen molar-refractivity contribution in [2.24, 2.45) is 0 Å². The lowest BCUT2D eigenvalue weighted by molar-refractivity contribution is -0.136. The maximum absolute atomic E-state index is 11.8. The first-order valence-electron chi connectivity index (χ1n) is 6.20. The van der Waals surface area contributed by atoms with Gasteiger partial charge in [-0.25, -0.2) is 0 Å². The van der Waals surface area contributed by atoms with Crippen molar-refractivity contribution >= 4 is 16.5 Å². The van der Waals surface area contributed by atoms with Crippen LogP contribution >= 0.6 is 10.6 Å². The molecule has 3 N–H and O–H groups in total. The van der Waals surface area contributed by atoms with E-state index in [0.717, 1.165) is 5.56 Å². The van der Waals surface area contributed by atoms with E-state index in [9.17, 15) is 13.9 Å². The number of hydrogen-bond acceptors (Lipinski definition) is 4. The highest BCUT2D eigenvalue weighted by atomic mass is 32.3. The monoisotopic (exact) mass is 285 g/mol. The molecule has 0 radical (unpaired) electrons. The molecule has 106 valence electrons. The van der Waals surface area contributed by atoms with Crippen molar-refractivity contribution in [2.45, 2.75) is 19.0 Å². The fourth-order valence-corrected chi connectivity index (χ4v) is 4.12. The number of carbonyl (C=O) groups excluding carboxylic acids is 1. The van der Waals surface area contributed by atoms with Crippen LogP contribution in [0.25, 0.3) is 0 Å². The summed E-state index contributed by atoms with van der Waals surface area (Å²) in [5.74, 6) is 0.179. The Morgan fingerprint density at radius 3 is 2.53 bits per heavy atom. The van der Waals surface area contributed by atoms with Crippen LogP contribution in [0.4, 0.5) is 0 Å². The van der Waals surface area contributed by atoms with Crippen LogP contribution in [0.1, 0.15) is 12.0 Å². The average molecular weight is 285 g/mol. The number of rotatable bonds is 4. The molecule has 19 heavy (non-hydrogen) atoms. The third-order valence-electron chi connectivity index (χ3n) is 3.33. The third kappa shape index (κ3) is 3.70. The Kier molecular flexibility index (Phi) is 4.46. The van der Waals surface area contributed by atoms with E-state index in [4.69, 9.17) is 5.11 Å². The summed E-state index contributed by atoms with van der Waals surface area (Å²) in [6, 6.07) is 9.28. The van der Waals surface area contributed by atoms with Crippen LogP contribution in [0, 0.1) is 0 Å². The Balaban J connectivity index is 2.11. The molecule has 0 aromatic heterocycles. The van der Waals surface area contributed by atoms with Gasteiger partial charge >= 0.3 is 0 Å². The van der Waals surface area contributed by atoms with Gasteiger partial charge in [0.05, 0.1) is 11.8 Å². The standard InChI is InChI=1S/C13H19NO4S/c15-9-13(16)14(8-11-4-2-1-3-5-11)12-6-7-19(17,18)10-12/h1-5,12,15,17-18H,6-10H2. The molecule has 0 aliphatic carbocycles. The zero-order valence-electron chi connectivity index (χ0n) is 10.6. The Hall–Kier alpha value is -1.08. The van der Waals surface area contributed by atoms with Crippen molar-refractivity contribution < 1.29 is 19.0 Å². The molecule has 1 fully saturated rings. The Bertz CT molecular complexity index is 438. The zero-order valence-corrected chi connectivity index (χ0v) is 11.4. The lowest BCUT2D eigenvalue weighted by atomic mass is 10.1. The SMILES string of the molecule is O=C(CO)N(Cc1ccccc1)C1CCS(O)(O)C1. The molecule has 1 atom stereocenters. The number of hydrogen-bond donors (Lipinski definition) is 3. The van der Waals surface area contributed by atoms with Crippen LogP contribution in [0.15, 0.2) is 30.3 Å². The summed E-state index contributed by atoms with van der Waals surface area (Å²) in [6.45, 7) is -0.164. The van der Waals surface area contributed by atoms with Crippen molar-refractivity contribution in [1.82, 2.24) is 4.90 Å². The highest BCUT2D eigenvalue weighted by Crippen LogP contribution is 2.47. The van der Waals surface area contributed by atoms with Gasteiger partial charge < -0.3 is 10.0 Å².